The van der Waals surface area contributed by atoms with Crippen molar-refractivity contribution in [3.63, 3.8) is 0 Å². The third kappa shape index (κ3) is 18.9. The molecule has 0 aliphatic heterocycles. The smallest absolute Gasteiger partial charge is 0.0456 e. The Balaban J connectivity index is -0.0000000450. The molecule has 0 aliphatic carbocycles. The van der Waals surface area contributed by atoms with Gasteiger partial charge in [0.05, 0.1) is 0 Å². The van der Waals surface area contributed by atoms with E-state index in [1.165, 1.54) is 6.92 Å². The van der Waals surface area contributed by atoms with Gasteiger partial charge in [0.15, 0.2) is 0 Å². The fraction of sp³-hybridized carbons (Fsp3) is 0.500. The predicted molar refractivity (Wildman–Crippen MR) is 15.0 cm³/mol. The maximum absolute atomic E-state index is 9.11. The number of hydrogen-bond donors (Lipinski definition) is 0. The van der Waals surface area contributed by atoms with E-state index in [0.29, 0.717) is 0 Å². The summed E-state index contributed by atoms with van der Waals surface area (Å²) in [5.74, 6) is -0.583. The Kier molecular flexibility index (Phi) is 28.6. The predicted octanol–water partition coefficient (Wildman–Crippen LogP) is 0.583. The van der Waals surface area contributed by atoms with Crippen molar-refractivity contribution in [3.05, 3.63) is 5.73 Å². The van der Waals surface area contributed by atoms with Crippen LogP contribution in [0.5, 0.6) is 0 Å². The van der Waals surface area contributed by atoms with Crippen LogP contribution < -0.4 is 0 Å². The SMILES string of the molecule is CC([NH-])=O.[Re].[Rf]. The second-order valence-electron chi connectivity index (χ2n) is 0.556. The van der Waals surface area contributed by atoms with Gasteiger partial charge in [-0.05, 0) is 6.92 Å². The molecule has 2 nitrogen and oxygen atoms in total. The Labute approximate surface area is 44.4 Å². The number of amides is 1. The molecular weight excluding hydrogens is 507 g/mol. The van der Waals surface area contributed by atoms with Gasteiger partial charge in [0.25, 0.3) is 0 Å². The molecule has 0 rings (SSSR count). The maximum atomic E-state index is 9.11. The number of nitrogens with one attached hydrogen (secondary N) is 1. The van der Waals surface area contributed by atoms with Crippen molar-refractivity contribution >= 4 is 5.91 Å². The topological polar surface area (TPSA) is 40.9 Å². The number of rotatable bonds is 0. The zero-order valence-electron chi connectivity index (χ0n) is 3.49. The summed E-state index contributed by atoms with van der Waals surface area (Å²) in [5.41, 5.74) is 5.94. The van der Waals surface area contributed by atoms with Crippen LogP contribution in [0.3, 0.4) is 0 Å². The van der Waals surface area contributed by atoms with Gasteiger partial charge in [-0.25, -0.2) is 0 Å². The summed E-state index contributed by atoms with van der Waals surface area (Å²) < 4.78 is 0. The molecule has 1 N–H and O–H groups in total. The Morgan fingerprint density at radius 2 is 1.67 bits per heavy atom. The van der Waals surface area contributed by atoms with Crippen LogP contribution in [-0.4, -0.2) is 5.91 Å². The molecule has 0 aromatic carbocycles. The Bertz CT molecular complexity index is 36.5. The third-order valence-electron chi connectivity index (χ3n) is 0. The monoisotopic (exact) mass is 512 g/mol. The van der Waals surface area contributed by atoms with Gasteiger partial charge in [-0.2, -0.15) is 0 Å². The van der Waals surface area contributed by atoms with E-state index in [1.807, 2.05) is 0 Å². The largest absolute Gasteiger partial charge is 0.668 e. The normalized spacial score (nSPS) is 4.17. The molecule has 0 aromatic heterocycles. The summed E-state index contributed by atoms with van der Waals surface area (Å²) in [5, 5.41) is 0. The average Bonchev–Trinajstić information content (AvgIpc) is 0.811. The summed E-state index contributed by atoms with van der Waals surface area (Å²) in [6.45, 7) is 1.19. The van der Waals surface area contributed by atoms with Crippen molar-refractivity contribution in [2.45, 2.75) is 6.92 Å². The molecule has 0 saturated carbocycles. The van der Waals surface area contributed by atoms with Crippen LogP contribution >= 0.6 is 0 Å². The molecule has 33 valence electrons. The van der Waals surface area contributed by atoms with Crippen molar-refractivity contribution in [2.24, 2.45) is 0 Å². The minimum Gasteiger partial charge on any atom is -0.668 e. The van der Waals surface area contributed by atoms with E-state index in [2.05, 4.69) is 0 Å². The summed E-state index contributed by atoms with van der Waals surface area (Å²) in [6, 6.07) is 0. The molecule has 0 spiro atoms. The van der Waals surface area contributed by atoms with E-state index in [0.717, 1.165) is 0 Å². The van der Waals surface area contributed by atoms with Crippen molar-refractivity contribution in [1.82, 2.24) is 0 Å². The van der Waals surface area contributed by atoms with Crippen LogP contribution in [-0.2, 0) is 25.2 Å². The molecule has 0 aliphatic rings. The first-order valence-electron chi connectivity index (χ1n) is 0.954. The Morgan fingerprint density at radius 3 is 1.67 bits per heavy atom. The second-order valence-corrected chi connectivity index (χ2v) is 0.556. The van der Waals surface area contributed by atoms with Gasteiger partial charge in [-0.15, -0.1) is 0 Å². The van der Waals surface area contributed by atoms with E-state index in [4.69, 9.17) is 10.5 Å². The van der Waals surface area contributed by atoms with E-state index in [1.54, 1.807) is 0 Å². The number of hydrogen-bond acceptors (Lipinski definition) is 1. The van der Waals surface area contributed by atoms with Crippen LogP contribution in [0.2, 0.25) is 0 Å². The van der Waals surface area contributed by atoms with Gasteiger partial charge < -0.3 is 10.5 Å². The molecule has 0 bridgehead atoms. The van der Waals surface area contributed by atoms with Crippen LogP contribution in [0.15, 0.2) is 0 Å². The summed E-state index contributed by atoms with van der Waals surface area (Å²) in [7, 11) is 0. The van der Waals surface area contributed by atoms with E-state index in [9.17, 15) is 0 Å². The number of carbonyl (C=O) groups is 1. The Morgan fingerprint density at radius 1 is 1.67 bits per heavy atom. The van der Waals surface area contributed by atoms with Gasteiger partial charge in [-0.3, -0.25) is 0 Å². The van der Waals surface area contributed by atoms with Crippen molar-refractivity contribution in [2.75, 3.05) is 0 Å². The fourth-order valence-corrected chi connectivity index (χ4v) is 0. The van der Waals surface area contributed by atoms with Gasteiger partial charge >= 0.3 is 0 Å². The van der Waals surface area contributed by atoms with Crippen molar-refractivity contribution < 1.29 is 25.2 Å². The first-order chi connectivity index (χ1) is 1.73. The first kappa shape index (κ1) is 19.3. The van der Waals surface area contributed by atoms with E-state index in [-0.39, 0.29) is 20.4 Å². The van der Waals surface area contributed by atoms with Crippen LogP contribution in [0.25, 0.3) is 5.73 Å². The number of carbonyl (C=O) groups excluding carboxylic acids is 1. The molecule has 0 aromatic rings. The molecule has 6 heavy (non-hydrogen) atoms. The molecule has 0 atom stereocenters. The van der Waals surface area contributed by atoms with Gasteiger partial charge in [-0.1, -0.05) is 0 Å². The molecule has 0 heterocycles. The zero-order valence-corrected chi connectivity index (χ0v) is 12.6. The van der Waals surface area contributed by atoms with E-state index >= 15 is 0 Å². The second kappa shape index (κ2) is 8.92. The molecule has 1 radical (unpaired) electrons. The summed E-state index contributed by atoms with van der Waals surface area (Å²) >= 11 is 0. The van der Waals surface area contributed by atoms with Gasteiger partial charge in [0, 0.05) is 26.3 Å². The van der Waals surface area contributed by atoms with E-state index < -0.39 is 5.91 Å². The Hall–Kier alpha value is -0.868. The summed E-state index contributed by atoms with van der Waals surface area (Å²) in [4.78, 5) is 9.11. The zero-order chi connectivity index (χ0) is 3.58. The molecule has 0 saturated heterocycles. The maximum Gasteiger partial charge on any atom is 0.0456 e. The van der Waals surface area contributed by atoms with Crippen molar-refractivity contribution in [1.29, 1.82) is 0 Å². The molecular formula is C2H4NOReRf-. The standard InChI is InChI=1S/C2H5NO.Re.Rf/c1-2(3)4;;/h1H3,(H2,3,4);;/p-1. The fourth-order valence-electron chi connectivity index (χ4n) is 0. The average molecular weight is 511 g/mol. The van der Waals surface area contributed by atoms with Crippen LogP contribution in [0, 0.1) is 0 Å². The van der Waals surface area contributed by atoms with Crippen LogP contribution in [0.1, 0.15) is 6.92 Å². The molecule has 0 unspecified atom stereocenters. The summed E-state index contributed by atoms with van der Waals surface area (Å²) in [6.07, 6.45) is 0. The van der Waals surface area contributed by atoms with Gasteiger partial charge in [0.1, 0.15) is 0 Å². The molecule has 1 amide bonds. The minimum atomic E-state index is -0.583. The quantitative estimate of drug-likeness (QED) is 0.470. The van der Waals surface area contributed by atoms with Crippen LogP contribution in [0.4, 0.5) is 0 Å². The minimum absolute atomic E-state index is 0. The molecule has 4 heteroatoms. The van der Waals surface area contributed by atoms with Crippen molar-refractivity contribution in [3.8, 4) is 0 Å². The van der Waals surface area contributed by atoms with Gasteiger partial charge in [0.2, 0.25) is 0 Å². The first-order valence-corrected chi connectivity index (χ1v) is 0.954. The molecule has 0 fully saturated rings. The third-order valence-corrected chi connectivity index (χ3v) is 0.